The number of hydrogen-bond acceptors (Lipinski definition) is 7. The second-order valence-electron chi connectivity index (χ2n) is 10.2. The monoisotopic (exact) mass is 439 g/mol. The number of nitrogens with one attached hydrogen (secondary N) is 2. The fraction of sp³-hybridized carbons (Fsp3) is 0.609. The summed E-state index contributed by atoms with van der Waals surface area (Å²) in [6, 6.07) is 2.23. The zero-order valence-corrected chi connectivity index (χ0v) is 17.8. The van der Waals surface area contributed by atoms with Gasteiger partial charge in [0.2, 0.25) is 0 Å². The van der Waals surface area contributed by atoms with Gasteiger partial charge < -0.3 is 19.9 Å². The normalized spacial score (nSPS) is 41.2. The molecule has 3 amide bonds. The van der Waals surface area contributed by atoms with Crippen LogP contribution in [0.4, 0.5) is 4.79 Å². The highest BCUT2D eigenvalue weighted by atomic mass is 16.5. The lowest BCUT2D eigenvalue weighted by Gasteiger charge is -2.64. The van der Waals surface area contributed by atoms with Gasteiger partial charge in [-0.05, 0) is 50.2 Å². The van der Waals surface area contributed by atoms with E-state index in [1.807, 2.05) is 0 Å². The van der Waals surface area contributed by atoms with Crippen LogP contribution < -0.4 is 20.1 Å². The molecule has 3 aliphatic heterocycles. The summed E-state index contributed by atoms with van der Waals surface area (Å²) in [5, 5.41) is 17.6. The van der Waals surface area contributed by atoms with Gasteiger partial charge in [-0.25, -0.2) is 4.79 Å². The summed E-state index contributed by atoms with van der Waals surface area (Å²) in [4.78, 5) is 41.3. The van der Waals surface area contributed by atoms with Gasteiger partial charge in [-0.2, -0.15) is 0 Å². The Hall–Kier alpha value is -2.65. The topological polar surface area (TPSA) is 117 Å². The van der Waals surface area contributed by atoms with E-state index in [1.54, 1.807) is 12.1 Å². The molecular formula is C23H25N3O6. The number of likely N-dealkylation sites (tertiary alicyclic amines) is 1. The number of piperidine rings is 1. The van der Waals surface area contributed by atoms with E-state index < -0.39 is 40.6 Å². The molecule has 3 heterocycles. The minimum absolute atomic E-state index is 0.0949. The highest BCUT2D eigenvalue weighted by molar-refractivity contribution is 6.10. The predicted octanol–water partition coefficient (Wildman–Crippen LogP) is 0.478. The molecular weight excluding hydrogens is 414 g/mol. The molecule has 5 atom stereocenters. The molecule has 1 aromatic rings. The van der Waals surface area contributed by atoms with Gasteiger partial charge in [0.15, 0.2) is 22.8 Å². The molecule has 4 fully saturated rings. The maximum atomic E-state index is 13.8. The molecule has 9 heteroatoms. The Bertz CT molecular complexity index is 1120. The van der Waals surface area contributed by atoms with E-state index in [-0.39, 0.29) is 18.6 Å². The largest absolute Gasteiger partial charge is 0.493 e. The summed E-state index contributed by atoms with van der Waals surface area (Å²) in [6.45, 7) is 1.41. The summed E-state index contributed by atoms with van der Waals surface area (Å²) in [5.74, 6) is 0.903. The van der Waals surface area contributed by atoms with Crippen LogP contribution in [0.3, 0.4) is 0 Å². The summed E-state index contributed by atoms with van der Waals surface area (Å²) in [6.07, 6.45) is 2.42. The lowest BCUT2D eigenvalue weighted by molar-refractivity contribution is -0.191. The quantitative estimate of drug-likeness (QED) is 0.587. The Morgan fingerprint density at radius 2 is 2.03 bits per heavy atom. The zero-order chi connectivity index (χ0) is 22.0. The molecule has 0 unspecified atom stereocenters. The molecule has 2 spiro atoms. The molecule has 168 valence electrons. The number of nitrogens with zero attached hydrogens (tertiary/aromatic N) is 1. The van der Waals surface area contributed by atoms with Crippen LogP contribution in [0.15, 0.2) is 12.1 Å². The van der Waals surface area contributed by atoms with Crippen LogP contribution in [-0.2, 0) is 10.2 Å². The van der Waals surface area contributed by atoms with E-state index in [1.165, 1.54) is 7.11 Å². The number of ketones is 1. The van der Waals surface area contributed by atoms with Crippen molar-refractivity contribution in [3.05, 3.63) is 23.3 Å². The van der Waals surface area contributed by atoms with Gasteiger partial charge in [-0.1, -0.05) is 0 Å². The number of aliphatic hydroxyl groups is 1. The van der Waals surface area contributed by atoms with Crippen molar-refractivity contribution >= 4 is 17.7 Å². The third-order valence-corrected chi connectivity index (χ3v) is 8.87. The van der Waals surface area contributed by atoms with Gasteiger partial charge >= 0.3 is 6.03 Å². The molecule has 7 rings (SSSR count). The van der Waals surface area contributed by atoms with Crippen molar-refractivity contribution in [1.29, 1.82) is 0 Å². The Balaban J connectivity index is 1.49. The van der Waals surface area contributed by atoms with Crippen LogP contribution in [0, 0.1) is 5.92 Å². The molecule has 0 radical (unpaired) electrons. The van der Waals surface area contributed by atoms with E-state index >= 15 is 0 Å². The number of amides is 3. The lowest BCUT2D eigenvalue weighted by Crippen LogP contribution is -2.82. The minimum Gasteiger partial charge on any atom is -0.493 e. The first-order valence-electron chi connectivity index (χ1n) is 11.4. The molecule has 3 N–H and O–H groups in total. The van der Waals surface area contributed by atoms with Crippen molar-refractivity contribution in [2.24, 2.45) is 5.92 Å². The number of urea groups is 1. The highest BCUT2D eigenvalue weighted by Gasteiger charge is 2.80. The van der Waals surface area contributed by atoms with E-state index in [9.17, 15) is 19.5 Å². The maximum absolute atomic E-state index is 13.8. The third-order valence-electron chi connectivity index (χ3n) is 8.87. The van der Waals surface area contributed by atoms with Crippen molar-refractivity contribution < 1.29 is 29.0 Å². The van der Waals surface area contributed by atoms with Gasteiger partial charge in [0.05, 0.1) is 12.5 Å². The zero-order valence-electron chi connectivity index (χ0n) is 17.8. The first-order chi connectivity index (χ1) is 15.4. The number of benzene rings is 1. The molecule has 6 aliphatic rings. The molecule has 1 aromatic carbocycles. The highest BCUT2D eigenvalue weighted by Crippen LogP contribution is 2.67. The maximum Gasteiger partial charge on any atom is 0.322 e. The number of rotatable bonds is 3. The molecule has 3 aliphatic carbocycles. The van der Waals surface area contributed by atoms with E-state index in [2.05, 4.69) is 15.5 Å². The summed E-state index contributed by atoms with van der Waals surface area (Å²) >= 11 is 0. The van der Waals surface area contributed by atoms with Gasteiger partial charge in [-0.3, -0.25) is 19.8 Å². The molecule has 32 heavy (non-hydrogen) atoms. The number of carbonyl (C=O) groups is 3. The average molecular weight is 439 g/mol. The van der Waals surface area contributed by atoms with Crippen molar-refractivity contribution in [2.75, 3.05) is 20.2 Å². The van der Waals surface area contributed by atoms with Gasteiger partial charge in [0.25, 0.3) is 5.91 Å². The standard InChI is InChI=1S/C23H25N3O6/c1-31-13-5-4-12-14-16(13)32-18-21(14)8-9-26(10-11-2-3-11)17(15(12)27)23(21,30)7-6-22(18)19(28)24-20(29)25-22/h4-5,11,17-18,30H,2-3,6-10H2,1H3,(H2,24,25,28,29)/t17-,18-,21+,22+,23-/m1/s1. The second kappa shape index (κ2) is 5.63. The predicted molar refractivity (Wildman–Crippen MR) is 110 cm³/mol. The van der Waals surface area contributed by atoms with E-state index in [0.29, 0.717) is 41.5 Å². The van der Waals surface area contributed by atoms with Crippen LogP contribution in [-0.4, -0.2) is 71.2 Å². The van der Waals surface area contributed by atoms with E-state index in [0.717, 1.165) is 19.4 Å². The number of methoxy groups -OCH3 is 1. The minimum atomic E-state index is -1.40. The summed E-state index contributed by atoms with van der Waals surface area (Å²) in [7, 11) is 1.53. The Kier molecular flexibility index (Phi) is 3.32. The lowest BCUT2D eigenvalue weighted by atomic mass is 9.46. The fourth-order valence-electron chi connectivity index (χ4n) is 7.37. The van der Waals surface area contributed by atoms with Crippen LogP contribution >= 0.6 is 0 Å². The SMILES string of the molecule is COc1ccc2c3c1O[C@@H]1[C@]34CCN(CC3CC3)[C@H](C2=O)[C@]4(O)CC[C@]12NC(=O)NC2=O. The number of carbonyl (C=O) groups excluding carboxylic acids is 3. The Morgan fingerprint density at radius 3 is 2.72 bits per heavy atom. The van der Waals surface area contributed by atoms with Gasteiger partial charge in [0.1, 0.15) is 17.7 Å². The molecule has 0 aromatic heterocycles. The van der Waals surface area contributed by atoms with Crippen LogP contribution in [0.1, 0.15) is 48.0 Å². The number of imide groups is 1. The van der Waals surface area contributed by atoms with E-state index in [4.69, 9.17) is 9.47 Å². The number of ether oxygens (including phenoxy) is 2. The van der Waals surface area contributed by atoms with Crippen LogP contribution in [0.5, 0.6) is 11.5 Å². The first kappa shape index (κ1) is 18.9. The first-order valence-corrected chi connectivity index (χ1v) is 11.4. The van der Waals surface area contributed by atoms with Crippen molar-refractivity contribution in [3.63, 3.8) is 0 Å². The summed E-state index contributed by atoms with van der Waals surface area (Å²) < 4.78 is 12.0. The van der Waals surface area contributed by atoms with Crippen molar-refractivity contribution in [3.8, 4) is 11.5 Å². The number of fused-ring (bicyclic) bond motifs is 1. The van der Waals surface area contributed by atoms with Crippen LogP contribution in [0.2, 0.25) is 0 Å². The Labute approximate surface area is 184 Å². The second-order valence-corrected chi connectivity index (χ2v) is 10.2. The molecule has 2 saturated carbocycles. The van der Waals surface area contributed by atoms with Gasteiger partial charge in [0, 0.05) is 24.2 Å². The van der Waals surface area contributed by atoms with Crippen LogP contribution in [0.25, 0.3) is 0 Å². The molecule has 2 bridgehead atoms. The van der Waals surface area contributed by atoms with Gasteiger partial charge in [-0.15, -0.1) is 0 Å². The smallest absolute Gasteiger partial charge is 0.322 e. The molecule has 9 nitrogen and oxygen atoms in total. The molecule has 2 saturated heterocycles. The summed E-state index contributed by atoms with van der Waals surface area (Å²) in [5.41, 5.74) is -2.51. The fourth-order valence-corrected chi connectivity index (χ4v) is 7.37. The number of hydrogen-bond donors (Lipinski definition) is 3. The van der Waals surface area contributed by atoms with Crippen molar-refractivity contribution in [1.82, 2.24) is 15.5 Å². The average Bonchev–Trinajstić information content (AvgIpc) is 3.43. The number of Topliss-reactive ketones (excluding diaryl/α,β-unsaturated/α-hetero) is 1. The third kappa shape index (κ3) is 1.89. The van der Waals surface area contributed by atoms with Crippen molar-refractivity contribution in [2.45, 2.75) is 60.8 Å². The Morgan fingerprint density at radius 1 is 1.22 bits per heavy atom.